The summed E-state index contributed by atoms with van der Waals surface area (Å²) in [4.78, 5) is 13.8. The summed E-state index contributed by atoms with van der Waals surface area (Å²) in [5, 5.41) is 2.82. The zero-order valence-corrected chi connectivity index (χ0v) is 12.6. The van der Waals surface area contributed by atoms with Crippen LogP contribution < -0.4 is 5.32 Å². The lowest BCUT2D eigenvalue weighted by Gasteiger charge is -2.27. The molecule has 1 unspecified atom stereocenters. The molecule has 1 N–H and O–H groups in total. The molecule has 1 atom stereocenters. The Labute approximate surface area is 119 Å². The molecule has 1 aromatic carbocycles. The number of nitrogens with one attached hydrogen (secondary N) is 1. The quantitative estimate of drug-likeness (QED) is 0.928. The predicted molar refractivity (Wildman–Crippen MR) is 79.6 cm³/mol. The van der Waals surface area contributed by atoms with Gasteiger partial charge in [-0.25, -0.2) is 13.2 Å². The zero-order chi connectivity index (χ0) is 14.8. The standard InChI is InChI=1S/C14H20N2O3S/c1-3-16(13-8-9-20(18,19)10-13)14(17)15-12-6-4-11(2)5-7-12/h4-7,13H,3,8-10H2,1-2H3,(H,15,17). The monoisotopic (exact) mass is 296 g/mol. The van der Waals surface area contributed by atoms with Crippen molar-refractivity contribution in [3.8, 4) is 0 Å². The van der Waals surface area contributed by atoms with E-state index in [1.807, 2.05) is 38.1 Å². The number of hydrogen-bond acceptors (Lipinski definition) is 3. The molecule has 110 valence electrons. The van der Waals surface area contributed by atoms with E-state index in [2.05, 4.69) is 5.32 Å². The molecule has 0 bridgehead atoms. The van der Waals surface area contributed by atoms with Crippen LogP contribution in [0.25, 0.3) is 0 Å². The van der Waals surface area contributed by atoms with Crippen LogP contribution >= 0.6 is 0 Å². The molecule has 0 radical (unpaired) electrons. The molecule has 1 fully saturated rings. The number of rotatable bonds is 3. The average Bonchev–Trinajstić information content (AvgIpc) is 2.73. The summed E-state index contributed by atoms with van der Waals surface area (Å²) in [7, 11) is -2.98. The molecule has 0 aliphatic carbocycles. The SMILES string of the molecule is CCN(C(=O)Nc1ccc(C)cc1)C1CCS(=O)(=O)C1. The molecule has 1 saturated heterocycles. The fourth-order valence-electron chi connectivity index (χ4n) is 2.42. The molecule has 20 heavy (non-hydrogen) atoms. The van der Waals surface area contributed by atoms with Crippen LogP contribution in [0, 0.1) is 6.92 Å². The van der Waals surface area contributed by atoms with Gasteiger partial charge in [-0.1, -0.05) is 17.7 Å². The van der Waals surface area contributed by atoms with Crippen LogP contribution in [0.2, 0.25) is 0 Å². The van der Waals surface area contributed by atoms with Crippen molar-refractivity contribution in [3.63, 3.8) is 0 Å². The summed E-state index contributed by atoms with van der Waals surface area (Å²) < 4.78 is 23.0. The topological polar surface area (TPSA) is 66.5 Å². The number of anilines is 1. The van der Waals surface area contributed by atoms with Gasteiger partial charge >= 0.3 is 6.03 Å². The van der Waals surface area contributed by atoms with E-state index in [-0.39, 0.29) is 23.6 Å². The molecular formula is C14H20N2O3S. The van der Waals surface area contributed by atoms with Gasteiger partial charge in [-0.3, -0.25) is 0 Å². The highest BCUT2D eigenvalue weighted by atomic mass is 32.2. The van der Waals surface area contributed by atoms with Gasteiger partial charge in [-0.05, 0) is 32.4 Å². The number of benzene rings is 1. The number of carbonyl (C=O) groups is 1. The largest absolute Gasteiger partial charge is 0.322 e. The van der Waals surface area contributed by atoms with E-state index < -0.39 is 9.84 Å². The summed E-state index contributed by atoms with van der Waals surface area (Å²) in [5.74, 6) is 0.244. The Morgan fingerprint density at radius 2 is 2.00 bits per heavy atom. The van der Waals surface area contributed by atoms with Crippen molar-refractivity contribution in [2.45, 2.75) is 26.3 Å². The van der Waals surface area contributed by atoms with Crippen LogP contribution in [-0.4, -0.2) is 43.4 Å². The second kappa shape index (κ2) is 5.83. The first-order valence-electron chi connectivity index (χ1n) is 6.76. The first-order valence-corrected chi connectivity index (χ1v) is 8.58. The number of amides is 2. The molecule has 1 aromatic rings. The Morgan fingerprint density at radius 1 is 1.35 bits per heavy atom. The summed E-state index contributed by atoms with van der Waals surface area (Å²) in [6.45, 7) is 4.34. The molecule has 2 rings (SSSR count). The lowest BCUT2D eigenvalue weighted by molar-refractivity contribution is 0.197. The lowest BCUT2D eigenvalue weighted by atomic mass is 10.2. The third-order valence-electron chi connectivity index (χ3n) is 3.55. The van der Waals surface area contributed by atoms with Crippen LogP contribution in [0.4, 0.5) is 10.5 Å². The third kappa shape index (κ3) is 3.50. The Balaban J connectivity index is 2.04. The van der Waals surface area contributed by atoms with E-state index >= 15 is 0 Å². The number of sulfone groups is 1. The number of urea groups is 1. The van der Waals surface area contributed by atoms with Crippen molar-refractivity contribution < 1.29 is 13.2 Å². The summed E-state index contributed by atoms with van der Waals surface area (Å²) in [6, 6.07) is 7.07. The van der Waals surface area contributed by atoms with Crippen LogP contribution in [0.15, 0.2) is 24.3 Å². The van der Waals surface area contributed by atoms with Crippen LogP contribution in [0.1, 0.15) is 18.9 Å². The average molecular weight is 296 g/mol. The maximum atomic E-state index is 12.2. The molecule has 1 heterocycles. The molecule has 0 saturated carbocycles. The fourth-order valence-corrected chi connectivity index (χ4v) is 4.15. The highest BCUT2D eigenvalue weighted by molar-refractivity contribution is 7.91. The molecule has 1 aliphatic rings. The van der Waals surface area contributed by atoms with Crippen molar-refractivity contribution in [1.29, 1.82) is 0 Å². The van der Waals surface area contributed by atoms with Gasteiger partial charge in [-0.15, -0.1) is 0 Å². The van der Waals surface area contributed by atoms with Crippen LogP contribution in [0.3, 0.4) is 0 Å². The summed E-state index contributed by atoms with van der Waals surface area (Å²) >= 11 is 0. The van der Waals surface area contributed by atoms with E-state index in [1.54, 1.807) is 4.90 Å². The van der Waals surface area contributed by atoms with Gasteiger partial charge in [0.05, 0.1) is 11.5 Å². The van der Waals surface area contributed by atoms with Crippen molar-refractivity contribution in [3.05, 3.63) is 29.8 Å². The number of hydrogen-bond donors (Lipinski definition) is 1. The second-order valence-corrected chi connectivity index (χ2v) is 7.37. The molecule has 0 spiro atoms. The van der Waals surface area contributed by atoms with E-state index in [0.29, 0.717) is 13.0 Å². The summed E-state index contributed by atoms with van der Waals surface area (Å²) in [6.07, 6.45) is 0.525. The Hall–Kier alpha value is -1.56. The van der Waals surface area contributed by atoms with Gasteiger partial charge in [0.15, 0.2) is 9.84 Å². The molecule has 1 aliphatic heterocycles. The van der Waals surface area contributed by atoms with Gasteiger partial charge in [0.2, 0.25) is 0 Å². The van der Waals surface area contributed by atoms with E-state index in [4.69, 9.17) is 0 Å². The van der Waals surface area contributed by atoms with Gasteiger partial charge in [0.1, 0.15) is 0 Å². The molecular weight excluding hydrogens is 276 g/mol. The fraction of sp³-hybridized carbons (Fsp3) is 0.500. The van der Waals surface area contributed by atoms with Gasteiger partial charge in [0, 0.05) is 18.3 Å². The summed E-state index contributed by atoms with van der Waals surface area (Å²) in [5.41, 5.74) is 1.84. The van der Waals surface area contributed by atoms with Crippen molar-refractivity contribution in [2.75, 3.05) is 23.4 Å². The Kier molecular flexibility index (Phi) is 4.32. The third-order valence-corrected chi connectivity index (χ3v) is 5.30. The minimum atomic E-state index is -2.98. The molecule has 0 aromatic heterocycles. The maximum absolute atomic E-state index is 12.2. The normalized spacial score (nSPS) is 20.6. The van der Waals surface area contributed by atoms with Gasteiger partial charge < -0.3 is 10.2 Å². The lowest BCUT2D eigenvalue weighted by Crippen LogP contribution is -2.43. The first kappa shape index (κ1) is 14.8. The van der Waals surface area contributed by atoms with E-state index in [1.165, 1.54) is 0 Å². The Bertz CT molecular complexity index is 581. The number of carbonyl (C=O) groups excluding carboxylic acids is 1. The van der Waals surface area contributed by atoms with E-state index in [0.717, 1.165) is 11.3 Å². The van der Waals surface area contributed by atoms with Crippen molar-refractivity contribution in [1.82, 2.24) is 4.90 Å². The first-order chi connectivity index (χ1) is 9.41. The van der Waals surface area contributed by atoms with Crippen molar-refractivity contribution in [2.24, 2.45) is 0 Å². The predicted octanol–water partition coefficient (Wildman–Crippen LogP) is 2.04. The number of aryl methyl sites for hydroxylation is 1. The van der Waals surface area contributed by atoms with Gasteiger partial charge in [0.25, 0.3) is 0 Å². The van der Waals surface area contributed by atoms with Crippen LogP contribution in [-0.2, 0) is 9.84 Å². The molecule has 5 nitrogen and oxygen atoms in total. The highest BCUT2D eigenvalue weighted by Crippen LogP contribution is 2.19. The minimum absolute atomic E-state index is 0.0716. The zero-order valence-electron chi connectivity index (χ0n) is 11.8. The van der Waals surface area contributed by atoms with Crippen molar-refractivity contribution >= 4 is 21.6 Å². The maximum Gasteiger partial charge on any atom is 0.322 e. The number of nitrogens with zero attached hydrogens (tertiary/aromatic N) is 1. The highest BCUT2D eigenvalue weighted by Gasteiger charge is 2.33. The minimum Gasteiger partial charge on any atom is -0.321 e. The van der Waals surface area contributed by atoms with E-state index in [9.17, 15) is 13.2 Å². The molecule has 2 amide bonds. The second-order valence-electron chi connectivity index (χ2n) is 5.14. The Morgan fingerprint density at radius 3 is 2.50 bits per heavy atom. The van der Waals surface area contributed by atoms with Gasteiger partial charge in [-0.2, -0.15) is 0 Å². The molecule has 6 heteroatoms. The van der Waals surface area contributed by atoms with Crippen LogP contribution in [0.5, 0.6) is 0 Å². The smallest absolute Gasteiger partial charge is 0.321 e.